The van der Waals surface area contributed by atoms with E-state index >= 15 is 0 Å². The highest BCUT2D eigenvalue weighted by molar-refractivity contribution is 5.73. The first-order valence-corrected chi connectivity index (χ1v) is 6.69. The second-order valence-electron chi connectivity index (χ2n) is 6.09. The Balaban J connectivity index is 1.96. The van der Waals surface area contributed by atoms with Crippen LogP contribution in [0.2, 0.25) is 0 Å². The predicted molar refractivity (Wildman–Crippen MR) is 71.1 cm³/mol. The van der Waals surface area contributed by atoms with Gasteiger partial charge < -0.3 is 9.84 Å². The summed E-state index contributed by atoms with van der Waals surface area (Å²) in [5.74, 6) is -0.838. The second kappa shape index (κ2) is 4.32. The summed E-state index contributed by atoms with van der Waals surface area (Å²) in [6.45, 7) is 4.63. The number of nitrogens with one attached hydrogen (secondary N) is 1. The lowest BCUT2D eigenvalue weighted by Crippen LogP contribution is -2.57. The predicted octanol–water partition coefficient (Wildman–Crippen LogP) is 1.85. The standard InChI is InChI=1S/C15H19NO3/c1-15(2)7-11-13(9-5-3-4-6-10(9)15)19-8-12(16-11)14(17)18/h3-6,11-13,16H,7-8H2,1-2H3,(H,17,18). The van der Waals surface area contributed by atoms with Crippen LogP contribution in [0, 0.1) is 0 Å². The van der Waals surface area contributed by atoms with E-state index in [-0.39, 0.29) is 24.2 Å². The molecular formula is C15H19NO3. The Kier molecular flexibility index (Phi) is 2.87. The number of benzene rings is 1. The van der Waals surface area contributed by atoms with Crippen molar-refractivity contribution < 1.29 is 14.6 Å². The Labute approximate surface area is 112 Å². The minimum atomic E-state index is -0.838. The van der Waals surface area contributed by atoms with Gasteiger partial charge in [-0.15, -0.1) is 0 Å². The third kappa shape index (κ3) is 2.05. The van der Waals surface area contributed by atoms with E-state index in [0.717, 1.165) is 6.42 Å². The van der Waals surface area contributed by atoms with E-state index in [1.54, 1.807) is 0 Å². The van der Waals surface area contributed by atoms with E-state index < -0.39 is 12.0 Å². The molecule has 1 aromatic rings. The highest BCUT2D eigenvalue weighted by Gasteiger charge is 2.43. The molecule has 3 atom stereocenters. The van der Waals surface area contributed by atoms with Crippen LogP contribution in [-0.4, -0.2) is 29.8 Å². The fourth-order valence-corrected chi connectivity index (χ4v) is 3.35. The van der Waals surface area contributed by atoms with E-state index in [4.69, 9.17) is 9.84 Å². The molecule has 3 unspecified atom stereocenters. The molecule has 1 aliphatic carbocycles. The van der Waals surface area contributed by atoms with Crippen LogP contribution in [0.4, 0.5) is 0 Å². The maximum Gasteiger partial charge on any atom is 0.323 e. The van der Waals surface area contributed by atoms with Gasteiger partial charge in [0, 0.05) is 6.04 Å². The van der Waals surface area contributed by atoms with Crippen molar-refractivity contribution in [2.24, 2.45) is 0 Å². The zero-order valence-electron chi connectivity index (χ0n) is 11.2. The van der Waals surface area contributed by atoms with E-state index in [0.29, 0.717) is 0 Å². The molecule has 1 saturated heterocycles. The third-order valence-corrected chi connectivity index (χ3v) is 4.25. The van der Waals surface area contributed by atoms with Crippen LogP contribution in [-0.2, 0) is 14.9 Å². The second-order valence-corrected chi connectivity index (χ2v) is 6.09. The van der Waals surface area contributed by atoms with Crippen molar-refractivity contribution in [3.05, 3.63) is 35.4 Å². The first-order chi connectivity index (χ1) is 8.99. The molecule has 1 fully saturated rings. The molecule has 4 heteroatoms. The molecule has 0 saturated carbocycles. The molecule has 102 valence electrons. The summed E-state index contributed by atoms with van der Waals surface area (Å²) in [5.41, 5.74) is 2.54. The van der Waals surface area contributed by atoms with Gasteiger partial charge in [0.2, 0.25) is 0 Å². The van der Waals surface area contributed by atoms with E-state index in [1.165, 1.54) is 11.1 Å². The summed E-state index contributed by atoms with van der Waals surface area (Å²) < 4.78 is 5.83. The van der Waals surface area contributed by atoms with Gasteiger partial charge in [0.15, 0.2) is 0 Å². The number of carboxylic acids is 1. The quantitative estimate of drug-likeness (QED) is 0.810. The minimum absolute atomic E-state index is 0.0279. The minimum Gasteiger partial charge on any atom is -0.480 e. The molecule has 1 heterocycles. The van der Waals surface area contributed by atoms with Crippen LogP contribution in [0.3, 0.4) is 0 Å². The first-order valence-electron chi connectivity index (χ1n) is 6.69. The van der Waals surface area contributed by atoms with Crippen LogP contribution >= 0.6 is 0 Å². The molecule has 0 aromatic heterocycles. The number of hydrogen-bond donors (Lipinski definition) is 2. The van der Waals surface area contributed by atoms with Crippen molar-refractivity contribution in [2.45, 2.75) is 43.9 Å². The fourth-order valence-electron chi connectivity index (χ4n) is 3.35. The maximum atomic E-state index is 11.1. The normalized spacial score (nSPS) is 32.2. The van der Waals surface area contributed by atoms with Crippen molar-refractivity contribution in [2.75, 3.05) is 6.61 Å². The topological polar surface area (TPSA) is 58.6 Å². The van der Waals surface area contributed by atoms with E-state index in [9.17, 15) is 4.79 Å². The Morgan fingerprint density at radius 1 is 1.42 bits per heavy atom. The lowest BCUT2D eigenvalue weighted by Gasteiger charge is -2.46. The van der Waals surface area contributed by atoms with Gasteiger partial charge in [0.05, 0.1) is 12.7 Å². The van der Waals surface area contributed by atoms with Crippen molar-refractivity contribution in [1.82, 2.24) is 5.32 Å². The van der Waals surface area contributed by atoms with Gasteiger partial charge in [0.25, 0.3) is 0 Å². The van der Waals surface area contributed by atoms with Gasteiger partial charge in [-0.25, -0.2) is 0 Å². The summed E-state index contributed by atoms with van der Waals surface area (Å²) in [4.78, 5) is 11.1. The highest BCUT2D eigenvalue weighted by atomic mass is 16.5. The fraction of sp³-hybridized carbons (Fsp3) is 0.533. The SMILES string of the molecule is CC1(C)CC2NC(C(=O)O)COC2c2ccccc21. The summed E-state index contributed by atoms with van der Waals surface area (Å²) in [5, 5.41) is 12.3. The average molecular weight is 261 g/mol. The molecule has 1 aromatic carbocycles. The van der Waals surface area contributed by atoms with Gasteiger partial charge >= 0.3 is 5.97 Å². The molecular weight excluding hydrogens is 242 g/mol. The van der Waals surface area contributed by atoms with Crippen LogP contribution in [0.1, 0.15) is 37.5 Å². The molecule has 0 amide bonds. The number of morpholine rings is 1. The van der Waals surface area contributed by atoms with Gasteiger partial charge in [0.1, 0.15) is 6.04 Å². The van der Waals surface area contributed by atoms with E-state index in [2.05, 4.69) is 37.4 Å². The number of carboxylic acid groups (broad SMARTS) is 1. The van der Waals surface area contributed by atoms with Gasteiger partial charge in [-0.1, -0.05) is 38.1 Å². The Morgan fingerprint density at radius 2 is 2.16 bits per heavy atom. The Hall–Kier alpha value is -1.39. The first kappa shape index (κ1) is 12.6. The maximum absolute atomic E-state index is 11.1. The largest absolute Gasteiger partial charge is 0.480 e. The smallest absolute Gasteiger partial charge is 0.323 e. The number of fused-ring (bicyclic) bond motifs is 3. The number of rotatable bonds is 1. The van der Waals surface area contributed by atoms with Crippen molar-refractivity contribution in [1.29, 1.82) is 0 Å². The number of aliphatic carboxylic acids is 1. The third-order valence-electron chi connectivity index (χ3n) is 4.25. The average Bonchev–Trinajstić information content (AvgIpc) is 2.37. The zero-order valence-corrected chi connectivity index (χ0v) is 11.2. The number of ether oxygens (including phenoxy) is 1. The molecule has 0 bridgehead atoms. The number of hydrogen-bond acceptors (Lipinski definition) is 3. The van der Waals surface area contributed by atoms with Gasteiger partial charge in [-0.3, -0.25) is 10.1 Å². The molecule has 0 spiro atoms. The van der Waals surface area contributed by atoms with E-state index in [1.807, 2.05) is 6.07 Å². The summed E-state index contributed by atoms with van der Waals surface area (Å²) in [7, 11) is 0. The molecule has 2 aliphatic rings. The van der Waals surface area contributed by atoms with Crippen molar-refractivity contribution >= 4 is 5.97 Å². The molecule has 19 heavy (non-hydrogen) atoms. The highest BCUT2D eigenvalue weighted by Crippen LogP contribution is 2.44. The van der Waals surface area contributed by atoms with Crippen LogP contribution < -0.4 is 5.32 Å². The monoisotopic (exact) mass is 261 g/mol. The van der Waals surface area contributed by atoms with Crippen molar-refractivity contribution in [3.8, 4) is 0 Å². The lowest BCUT2D eigenvalue weighted by molar-refractivity contribution is -0.147. The Bertz CT molecular complexity index is 512. The molecule has 0 radical (unpaired) electrons. The molecule has 4 nitrogen and oxygen atoms in total. The van der Waals surface area contributed by atoms with Gasteiger partial charge in [-0.05, 0) is 23.0 Å². The summed E-state index contributed by atoms with van der Waals surface area (Å²) >= 11 is 0. The van der Waals surface area contributed by atoms with Crippen LogP contribution in [0.25, 0.3) is 0 Å². The van der Waals surface area contributed by atoms with Crippen LogP contribution in [0.15, 0.2) is 24.3 Å². The zero-order chi connectivity index (χ0) is 13.6. The molecule has 3 rings (SSSR count). The van der Waals surface area contributed by atoms with Crippen molar-refractivity contribution in [3.63, 3.8) is 0 Å². The number of carbonyl (C=O) groups is 1. The Morgan fingerprint density at radius 3 is 2.89 bits per heavy atom. The summed E-state index contributed by atoms with van der Waals surface area (Å²) in [6.07, 6.45) is 0.859. The lowest BCUT2D eigenvalue weighted by atomic mass is 9.69. The molecule has 1 aliphatic heterocycles. The van der Waals surface area contributed by atoms with Crippen LogP contribution in [0.5, 0.6) is 0 Å². The summed E-state index contributed by atoms with van der Waals surface area (Å²) in [6, 6.07) is 7.79. The van der Waals surface area contributed by atoms with Gasteiger partial charge in [-0.2, -0.15) is 0 Å². The molecule has 2 N–H and O–H groups in total.